The van der Waals surface area contributed by atoms with Crippen LogP contribution in [0.25, 0.3) is 0 Å². The number of carbonyl (C=O) groups is 1. The second-order valence-electron chi connectivity index (χ2n) is 6.57. The van der Waals surface area contributed by atoms with Gasteiger partial charge >= 0.3 is 0 Å². The van der Waals surface area contributed by atoms with Crippen molar-refractivity contribution in [1.82, 2.24) is 14.8 Å². The lowest BCUT2D eigenvalue weighted by atomic mass is 10.1. The van der Waals surface area contributed by atoms with Gasteiger partial charge in [0.05, 0.1) is 17.3 Å². The summed E-state index contributed by atoms with van der Waals surface area (Å²) in [5.74, 6) is 0.251. The minimum atomic E-state index is -0.0545. The monoisotopic (exact) mass is 356 g/mol. The largest absolute Gasteiger partial charge is 0.331 e. The van der Waals surface area contributed by atoms with Gasteiger partial charge in [-0.05, 0) is 37.7 Å². The summed E-state index contributed by atoms with van der Waals surface area (Å²) in [5.41, 5.74) is 2.51. The summed E-state index contributed by atoms with van der Waals surface area (Å²) in [6, 6.07) is 9.54. The number of hydrogen-bond donors (Lipinski definition) is 0. The molecule has 0 atom stereocenters. The third-order valence-electron chi connectivity index (χ3n) is 3.83. The predicted octanol–water partition coefficient (Wildman–Crippen LogP) is 3.34. The van der Waals surface area contributed by atoms with E-state index in [2.05, 4.69) is 24.9 Å². The van der Waals surface area contributed by atoms with Gasteiger partial charge in [-0.25, -0.2) is 4.98 Å². The van der Waals surface area contributed by atoms with Crippen LogP contribution in [0.1, 0.15) is 46.4 Å². The Kier molecular flexibility index (Phi) is 6.68. The standard InChI is InChI=1S/C19H24N4OS/c1-14(2)17-13-25-18(21-17)19(24)23(9-8-22(3)4)12-16-7-5-6-15(10-16)11-20/h5-7,10,13-14H,8-9,12H2,1-4H3. The van der Waals surface area contributed by atoms with Crippen LogP contribution in [0.2, 0.25) is 0 Å². The molecule has 2 rings (SSSR count). The van der Waals surface area contributed by atoms with Crippen LogP contribution in [-0.4, -0.2) is 47.9 Å². The quantitative estimate of drug-likeness (QED) is 0.763. The van der Waals surface area contributed by atoms with E-state index < -0.39 is 0 Å². The van der Waals surface area contributed by atoms with Crippen molar-refractivity contribution in [3.8, 4) is 6.07 Å². The molecule has 0 unspecified atom stereocenters. The van der Waals surface area contributed by atoms with Crippen molar-refractivity contribution in [2.45, 2.75) is 26.3 Å². The number of nitriles is 1. The van der Waals surface area contributed by atoms with Crippen molar-refractivity contribution in [2.24, 2.45) is 0 Å². The van der Waals surface area contributed by atoms with E-state index in [4.69, 9.17) is 5.26 Å². The molecular formula is C19H24N4OS. The van der Waals surface area contributed by atoms with E-state index in [0.717, 1.165) is 17.8 Å². The average Bonchev–Trinajstić information content (AvgIpc) is 3.08. The molecule has 6 heteroatoms. The SMILES string of the molecule is CC(C)c1csc(C(=O)N(CCN(C)C)Cc2cccc(C#N)c2)n1. The number of thiazole rings is 1. The van der Waals surface area contributed by atoms with Crippen molar-refractivity contribution in [2.75, 3.05) is 27.2 Å². The lowest BCUT2D eigenvalue weighted by molar-refractivity contribution is 0.0731. The summed E-state index contributed by atoms with van der Waals surface area (Å²) in [5, 5.41) is 11.6. The number of rotatable bonds is 7. The summed E-state index contributed by atoms with van der Waals surface area (Å²) >= 11 is 1.40. The number of likely N-dealkylation sites (N-methyl/N-ethyl adjacent to an activating group) is 1. The summed E-state index contributed by atoms with van der Waals surface area (Å²) in [4.78, 5) is 21.3. The first kappa shape index (κ1) is 19.1. The highest BCUT2D eigenvalue weighted by Gasteiger charge is 2.20. The van der Waals surface area contributed by atoms with Crippen LogP contribution in [0.15, 0.2) is 29.6 Å². The zero-order valence-electron chi connectivity index (χ0n) is 15.2. The smallest absolute Gasteiger partial charge is 0.283 e. The molecule has 0 saturated heterocycles. The number of nitrogens with zero attached hydrogens (tertiary/aromatic N) is 4. The maximum atomic E-state index is 12.9. The highest BCUT2D eigenvalue weighted by molar-refractivity contribution is 7.11. The highest BCUT2D eigenvalue weighted by Crippen LogP contribution is 2.20. The summed E-state index contributed by atoms with van der Waals surface area (Å²) in [6.45, 7) is 5.99. The van der Waals surface area contributed by atoms with Gasteiger partial charge in [-0.2, -0.15) is 5.26 Å². The van der Waals surface area contributed by atoms with E-state index in [-0.39, 0.29) is 5.91 Å². The second-order valence-corrected chi connectivity index (χ2v) is 7.43. The Morgan fingerprint density at radius 3 is 2.68 bits per heavy atom. The lowest BCUT2D eigenvalue weighted by Crippen LogP contribution is -2.36. The number of aromatic nitrogens is 1. The van der Waals surface area contributed by atoms with Crippen LogP contribution in [0, 0.1) is 11.3 Å². The fourth-order valence-electron chi connectivity index (χ4n) is 2.32. The Balaban J connectivity index is 2.21. The number of carbonyl (C=O) groups excluding carboxylic acids is 1. The molecule has 5 nitrogen and oxygen atoms in total. The van der Waals surface area contributed by atoms with E-state index in [1.807, 2.05) is 42.6 Å². The molecule has 1 aromatic carbocycles. The third kappa shape index (κ3) is 5.38. The third-order valence-corrected chi connectivity index (χ3v) is 4.68. The van der Waals surface area contributed by atoms with Gasteiger partial charge in [0.25, 0.3) is 5.91 Å². The molecule has 0 bridgehead atoms. The van der Waals surface area contributed by atoms with Crippen LogP contribution >= 0.6 is 11.3 Å². The van der Waals surface area contributed by atoms with Crippen molar-refractivity contribution >= 4 is 17.2 Å². The van der Waals surface area contributed by atoms with E-state index in [9.17, 15) is 4.79 Å². The van der Waals surface area contributed by atoms with Crippen LogP contribution in [-0.2, 0) is 6.54 Å². The molecule has 0 saturated carbocycles. The summed E-state index contributed by atoms with van der Waals surface area (Å²) in [6.07, 6.45) is 0. The first-order valence-corrected chi connectivity index (χ1v) is 9.17. The topological polar surface area (TPSA) is 60.2 Å². The maximum Gasteiger partial charge on any atom is 0.283 e. The molecule has 132 valence electrons. The maximum absolute atomic E-state index is 12.9. The molecule has 1 aromatic heterocycles. The Labute approximate surface area is 153 Å². The van der Waals surface area contributed by atoms with Gasteiger partial charge in [-0.3, -0.25) is 4.79 Å². The van der Waals surface area contributed by atoms with Gasteiger partial charge in [-0.1, -0.05) is 26.0 Å². The zero-order chi connectivity index (χ0) is 18.4. The van der Waals surface area contributed by atoms with Gasteiger partial charge in [-0.15, -0.1) is 11.3 Å². The van der Waals surface area contributed by atoms with E-state index in [1.54, 1.807) is 11.0 Å². The van der Waals surface area contributed by atoms with Gasteiger partial charge < -0.3 is 9.80 Å². The Bertz CT molecular complexity index is 761. The number of benzene rings is 1. The molecule has 0 aliphatic carbocycles. The van der Waals surface area contributed by atoms with Crippen LogP contribution < -0.4 is 0 Å². The molecule has 1 heterocycles. The molecule has 0 spiro atoms. The fourth-order valence-corrected chi connectivity index (χ4v) is 3.26. The fraction of sp³-hybridized carbons (Fsp3) is 0.421. The van der Waals surface area contributed by atoms with Gasteiger partial charge in [0, 0.05) is 25.0 Å². The first-order chi connectivity index (χ1) is 11.9. The number of amides is 1. The van der Waals surface area contributed by atoms with Crippen LogP contribution in [0.4, 0.5) is 0 Å². The summed E-state index contributed by atoms with van der Waals surface area (Å²) < 4.78 is 0. The van der Waals surface area contributed by atoms with Crippen molar-refractivity contribution in [1.29, 1.82) is 5.26 Å². The van der Waals surface area contributed by atoms with E-state index >= 15 is 0 Å². The molecule has 0 N–H and O–H groups in total. The molecule has 0 fully saturated rings. The zero-order valence-corrected chi connectivity index (χ0v) is 16.0. The van der Waals surface area contributed by atoms with E-state index in [1.165, 1.54) is 11.3 Å². The van der Waals surface area contributed by atoms with Crippen molar-refractivity contribution in [3.63, 3.8) is 0 Å². The van der Waals surface area contributed by atoms with Gasteiger partial charge in [0.15, 0.2) is 5.01 Å². The van der Waals surface area contributed by atoms with Gasteiger partial charge in [0.2, 0.25) is 0 Å². The minimum Gasteiger partial charge on any atom is -0.331 e. The van der Waals surface area contributed by atoms with E-state index in [0.29, 0.717) is 29.6 Å². The van der Waals surface area contributed by atoms with Crippen molar-refractivity contribution < 1.29 is 4.79 Å². The molecule has 0 aliphatic heterocycles. The summed E-state index contributed by atoms with van der Waals surface area (Å²) in [7, 11) is 3.97. The molecule has 0 aliphatic rings. The number of hydrogen-bond acceptors (Lipinski definition) is 5. The molecule has 0 radical (unpaired) electrons. The van der Waals surface area contributed by atoms with Crippen molar-refractivity contribution in [3.05, 3.63) is 51.5 Å². The van der Waals surface area contributed by atoms with Crippen LogP contribution in [0.5, 0.6) is 0 Å². The molecular weight excluding hydrogens is 332 g/mol. The minimum absolute atomic E-state index is 0.0545. The predicted molar refractivity (Wildman–Crippen MR) is 101 cm³/mol. The Hall–Kier alpha value is -2.23. The molecule has 2 aromatic rings. The second kappa shape index (κ2) is 8.75. The molecule has 1 amide bonds. The van der Waals surface area contributed by atoms with Crippen LogP contribution in [0.3, 0.4) is 0 Å². The Morgan fingerprint density at radius 2 is 2.08 bits per heavy atom. The molecule has 25 heavy (non-hydrogen) atoms. The van der Waals surface area contributed by atoms with Gasteiger partial charge in [0.1, 0.15) is 0 Å². The first-order valence-electron chi connectivity index (χ1n) is 8.29. The highest BCUT2D eigenvalue weighted by atomic mass is 32.1. The Morgan fingerprint density at radius 1 is 1.32 bits per heavy atom. The normalized spacial score (nSPS) is 10.9. The average molecular weight is 356 g/mol. The lowest BCUT2D eigenvalue weighted by Gasteiger charge is -2.23.